The van der Waals surface area contributed by atoms with Gasteiger partial charge in [0.05, 0.1) is 11.1 Å². The molecule has 2 atom stereocenters. The second kappa shape index (κ2) is 7.22. The third kappa shape index (κ3) is 3.91. The Labute approximate surface area is 119 Å². The van der Waals surface area contributed by atoms with E-state index in [1.165, 1.54) is 0 Å². The molecule has 1 aromatic carbocycles. The number of halogens is 2. The minimum absolute atomic E-state index is 0.00731. The minimum atomic E-state index is -0.303. The Morgan fingerprint density at radius 3 is 3.05 bits per heavy atom. The van der Waals surface area contributed by atoms with Crippen molar-refractivity contribution in [3.8, 4) is 0 Å². The number of ether oxygens (including phenoxy) is 1. The Hall–Kier alpha value is -0.640. The van der Waals surface area contributed by atoms with Crippen molar-refractivity contribution in [1.29, 1.82) is 0 Å². The highest BCUT2D eigenvalue weighted by atomic mass is 35.5. The molecule has 1 heterocycles. The molecule has 1 saturated heterocycles. The summed E-state index contributed by atoms with van der Waals surface area (Å²) in [6.45, 7) is 3.70. The van der Waals surface area contributed by atoms with Crippen LogP contribution in [-0.2, 0) is 4.74 Å². The van der Waals surface area contributed by atoms with Crippen molar-refractivity contribution in [1.82, 2.24) is 5.32 Å². The number of rotatable bonds is 6. The molecule has 0 bridgehead atoms. The van der Waals surface area contributed by atoms with Crippen LogP contribution in [-0.4, -0.2) is 19.3 Å². The van der Waals surface area contributed by atoms with Gasteiger partial charge in [0.1, 0.15) is 5.82 Å². The highest BCUT2D eigenvalue weighted by Gasteiger charge is 2.21. The Kier molecular flexibility index (Phi) is 5.61. The molecular formula is C15H21ClFNO. The van der Waals surface area contributed by atoms with Gasteiger partial charge >= 0.3 is 0 Å². The zero-order valence-electron chi connectivity index (χ0n) is 11.3. The zero-order chi connectivity index (χ0) is 13.7. The summed E-state index contributed by atoms with van der Waals surface area (Å²) in [6.07, 6.45) is 4.43. The smallest absolute Gasteiger partial charge is 0.146 e. The molecule has 0 aliphatic carbocycles. The fourth-order valence-corrected chi connectivity index (χ4v) is 2.81. The van der Waals surface area contributed by atoms with Crippen LogP contribution in [0.25, 0.3) is 0 Å². The fraction of sp³-hybridized carbons (Fsp3) is 0.600. The largest absolute Gasteiger partial charge is 0.378 e. The molecule has 2 nitrogen and oxygen atoms in total. The molecule has 0 saturated carbocycles. The Morgan fingerprint density at radius 2 is 2.37 bits per heavy atom. The van der Waals surface area contributed by atoms with Gasteiger partial charge in [0.15, 0.2) is 0 Å². The second-order valence-corrected chi connectivity index (χ2v) is 5.37. The number of hydrogen-bond donors (Lipinski definition) is 1. The van der Waals surface area contributed by atoms with E-state index in [9.17, 15) is 4.39 Å². The van der Waals surface area contributed by atoms with Gasteiger partial charge in [0.25, 0.3) is 0 Å². The van der Waals surface area contributed by atoms with Crippen molar-refractivity contribution in [2.45, 2.75) is 44.8 Å². The van der Waals surface area contributed by atoms with E-state index >= 15 is 0 Å². The van der Waals surface area contributed by atoms with Crippen molar-refractivity contribution in [2.24, 2.45) is 0 Å². The van der Waals surface area contributed by atoms with Gasteiger partial charge in [-0.3, -0.25) is 0 Å². The van der Waals surface area contributed by atoms with Crippen LogP contribution in [0.15, 0.2) is 18.2 Å². The summed E-state index contributed by atoms with van der Waals surface area (Å²) < 4.78 is 19.7. The van der Waals surface area contributed by atoms with Gasteiger partial charge in [-0.15, -0.1) is 0 Å². The van der Waals surface area contributed by atoms with E-state index in [2.05, 4.69) is 5.32 Å². The lowest BCUT2D eigenvalue weighted by Crippen LogP contribution is -2.23. The lowest BCUT2D eigenvalue weighted by Gasteiger charge is -2.21. The molecule has 1 fully saturated rings. The predicted octanol–water partition coefficient (Wildman–Crippen LogP) is 4.09. The third-order valence-electron chi connectivity index (χ3n) is 3.61. The van der Waals surface area contributed by atoms with E-state index in [0.29, 0.717) is 11.7 Å². The van der Waals surface area contributed by atoms with Crippen molar-refractivity contribution in [3.05, 3.63) is 34.6 Å². The van der Waals surface area contributed by atoms with Gasteiger partial charge in [0, 0.05) is 18.2 Å². The molecule has 0 spiro atoms. The van der Waals surface area contributed by atoms with E-state index in [1.54, 1.807) is 12.1 Å². The van der Waals surface area contributed by atoms with Crippen LogP contribution in [0.4, 0.5) is 4.39 Å². The third-order valence-corrected chi connectivity index (χ3v) is 3.90. The molecule has 19 heavy (non-hydrogen) atoms. The van der Waals surface area contributed by atoms with Crippen molar-refractivity contribution >= 4 is 11.6 Å². The van der Waals surface area contributed by atoms with Crippen LogP contribution < -0.4 is 5.32 Å². The molecule has 1 N–H and O–H groups in total. The van der Waals surface area contributed by atoms with Crippen LogP contribution in [0.5, 0.6) is 0 Å². The maximum atomic E-state index is 14.1. The summed E-state index contributed by atoms with van der Waals surface area (Å²) in [4.78, 5) is 0. The highest BCUT2D eigenvalue weighted by molar-refractivity contribution is 6.30. The first kappa shape index (κ1) is 14.8. The van der Waals surface area contributed by atoms with Crippen molar-refractivity contribution in [3.63, 3.8) is 0 Å². The molecule has 4 heteroatoms. The van der Waals surface area contributed by atoms with Crippen molar-refractivity contribution in [2.75, 3.05) is 13.2 Å². The van der Waals surface area contributed by atoms with Gasteiger partial charge in [-0.1, -0.05) is 30.7 Å². The standard InChI is InChI=1S/C15H21ClFNO/c1-2-18-14(9-8-11-5-4-10-19-11)12-6-3-7-13(16)15(12)17/h3,6-7,11,14,18H,2,4-5,8-10H2,1H3. The molecular weight excluding hydrogens is 265 g/mol. The van der Waals surface area contributed by atoms with Crippen LogP contribution >= 0.6 is 11.6 Å². The topological polar surface area (TPSA) is 21.3 Å². The SMILES string of the molecule is CCNC(CCC1CCCO1)c1cccc(Cl)c1F. The highest BCUT2D eigenvalue weighted by Crippen LogP contribution is 2.28. The normalized spacial score (nSPS) is 20.7. The Balaban J connectivity index is 2.03. The number of benzene rings is 1. The van der Waals surface area contributed by atoms with Gasteiger partial charge < -0.3 is 10.1 Å². The maximum Gasteiger partial charge on any atom is 0.146 e. The Bertz CT molecular complexity index is 407. The second-order valence-electron chi connectivity index (χ2n) is 4.97. The van der Waals surface area contributed by atoms with E-state index in [-0.39, 0.29) is 16.9 Å². The number of nitrogens with one attached hydrogen (secondary N) is 1. The minimum Gasteiger partial charge on any atom is -0.378 e. The molecule has 2 unspecified atom stereocenters. The van der Waals surface area contributed by atoms with E-state index in [1.807, 2.05) is 13.0 Å². The Morgan fingerprint density at radius 1 is 1.53 bits per heavy atom. The average Bonchev–Trinajstić information content (AvgIpc) is 2.91. The number of hydrogen-bond acceptors (Lipinski definition) is 2. The molecule has 0 aromatic heterocycles. The van der Waals surface area contributed by atoms with Crippen LogP contribution in [0.3, 0.4) is 0 Å². The van der Waals surface area contributed by atoms with Crippen LogP contribution in [0.1, 0.15) is 44.2 Å². The van der Waals surface area contributed by atoms with Gasteiger partial charge in [-0.25, -0.2) is 4.39 Å². The van der Waals surface area contributed by atoms with Gasteiger partial charge in [-0.2, -0.15) is 0 Å². The first-order valence-corrected chi connectivity index (χ1v) is 7.39. The summed E-state index contributed by atoms with van der Waals surface area (Å²) in [6, 6.07) is 5.21. The van der Waals surface area contributed by atoms with Gasteiger partial charge in [-0.05, 0) is 38.3 Å². The van der Waals surface area contributed by atoms with Crippen LogP contribution in [0.2, 0.25) is 5.02 Å². The summed E-state index contributed by atoms with van der Waals surface area (Å²) in [7, 11) is 0. The van der Waals surface area contributed by atoms with E-state index in [0.717, 1.165) is 38.8 Å². The first-order chi connectivity index (χ1) is 9.22. The average molecular weight is 286 g/mol. The fourth-order valence-electron chi connectivity index (χ4n) is 2.63. The molecule has 1 aromatic rings. The lowest BCUT2D eigenvalue weighted by atomic mass is 9.98. The molecule has 2 rings (SSSR count). The van der Waals surface area contributed by atoms with Gasteiger partial charge in [0.2, 0.25) is 0 Å². The quantitative estimate of drug-likeness (QED) is 0.850. The maximum absolute atomic E-state index is 14.1. The molecule has 0 amide bonds. The summed E-state index contributed by atoms with van der Waals surface area (Å²) in [5.41, 5.74) is 0.660. The summed E-state index contributed by atoms with van der Waals surface area (Å²) in [5.74, 6) is -0.303. The predicted molar refractivity (Wildman–Crippen MR) is 76.0 cm³/mol. The van der Waals surface area contributed by atoms with E-state index in [4.69, 9.17) is 16.3 Å². The monoisotopic (exact) mass is 285 g/mol. The zero-order valence-corrected chi connectivity index (χ0v) is 12.0. The van der Waals surface area contributed by atoms with Crippen LogP contribution in [0, 0.1) is 5.82 Å². The molecule has 1 aliphatic heterocycles. The molecule has 0 radical (unpaired) electrons. The molecule has 1 aliphatic rings. The van der Waals surface area contributed by atoms with Crippen molar-refractivity contribution < 1.29 is 9.13 Å². The summed E-state index contributed by atoms with van der Waals surface area (Å²) in [5, 5.41) is 3.53. The summed E-state index contributed by atoms with van der Waals surface area (Å²) >= 11 is 5.86. The first-order valence-electron chi connectivity index (χ1n) is 7.01. The van der Waals surface area contributed by atoms with E-state index < -0.39 is 0 Å². The lowest BCUT2D eigenvalue weighted by molar-refractivity contribution is 0.0995. The molecule has 106 valence electrons.